The minimum atomic E-state index is -0.573. The summed E-state index contributed by atoms with van der Waals surface area (Å²) in [5.74, 6) is 0.619. The van der Waals surface area contributed by atoms with Crippen LogP contribution in [0.4, 0.5) is 34.4 Å². The lowest BCUT2D eigenvalue weighted by Gasteiger charge is -2.33. The molecule has 5 N–H and O–H groups in total. The van der Waals surface area contributed by atoms with Crippen molar-refractivity contribution in [2.45, 2.75) is 0 Å². The van der Waals surface area contributed by atoms with Gasteiger partial charge in [0.25, 0.3) is 5.91 Å². The molecule has 166 valence electrons. The van der Waals surface area contributed by atoms with Crippen LogP contribution in [0.25, 0.3) is 0 Å². The molecule has 1 aliphatic rings. The van der Waals surface area contributed by atoms with E-state index in [4.69, 9.17) is 5.73 Å². The third kappa shape index (κ3) is 4.86. The quantitative estimate of drug-likeness (QED) is 0.444. The van der Waals surface area contributed by atoms with Crippen LogP contribution in [0.1, 0.15) is 10.4 Å². The van der Waals surface area contributed by atoms with E-state index < -0.39 is 5.91 Å². The Morgan fingerprint density at radius 3 is 2.41 bits per heavy atom. The fourth-order valence-corrected chi connectivity index (χ4v) is 3.52. The van der Waals surface area contributed by atoms with Gasteiger partial charge in [-0.05, 0) is 25.2 Å². The monoisotopic (exact) mass is 433 g/mol. The molecule has 0 atom stereocenters. The second kappa shape index (κ2) is 9.48. The van der Waals surface area contributed by atoms with Crippen molar-refractivity contribution in [1.29, 1.82) is 0 Å². The first-order valence-corrected chi connectivity index (χ1v) is 10.4. The number of likely N-dealkylation sites (N-methyl/N-ethyl adjacent to an activating group) is 1. The standard InChI is InChI=1S/C22H27N9O/c1-24-17-5-6-25-14-19(17)28-18-11-21(27-13-16(18)22(23)32)29-20-4-3-15(12-26-20)31-9-7-30(2)8-10-31/h3-6,11-14H,7-10H2,1-2H3,(H2,23,32)(H,24,25)(H2,26,27,28,29). The highest BCUT2D eigenvalue weighted by atomic mass is 16.1. The van der Waals surface area contributed by atoms with E-state index in [9.17, 15) is 4.79 Å². The average molecular weight is 434 g/mol. The van der Waals surface area contributed by atoms with Gasteiger partial charge in [-0.25, -0.2) is 9.97 Å². The molecule has 4 rings (SSSR count). The minimum Gasteiger partial charge on any atom is -0.386 e. The molecular formula is C22H27N9O. The van der Waals surface area contributed by atoms with Crippen LogP contribution in [-0.2, 0) is 0 Å². The molecule has 1 amide bonds. The van der Waals surface area contributed by atoms with Gasteiger partial charge >= 0.3 is 0 Å². The van der Waals surface area contributed by atoms with Crippen LogP contribution in [-0.4, -0.2) is 66.0 Å². The van der Waals surface area contributed by atoms with Crippen molar-refractivity contribution >= 4 is 40.3 Å². The van der Waals surface area contributed by atoms with E-state index in [1.807, 2.05) is 31.4 Å². The summed E-state index contributed by atoms with van der Waals surface area (Å²) in [6.07, 6.45) is 6.66. The van der Waals surface area contributed by atoms with Gasteiger partial charge < -0.3 is 31.5 Å². The van der Waals surface area contributed by atoms with E-state index in [0.717, 1.165) is 37.6 Å². The Morgan fingerprint density at radius 2 is 1.72 bits per heavy atom. The SMILES string of the molecule is CNc1ccncc1Nc1cc(Nc2ccc(N3CCN(C)CC3)cn2)ncc1C(N)=O. The summed E-state index contributed by atoms with van der Waals surface area (Å²) >= 11 is 0. The van der Waals surface area contributed by atoms with E-state index >= 15 is 0 Å². The molecule has 0 bridgehead atoms. The largest absolute Gasteiger partial charge is 0.386 e. The van der Waals surface area contributed by atoms with E-state index in [0.29, 0.717) is 23.0 Å². The predicted octanol–water partition coefficient (Wildman–Crippen LogP) is 2.25. The van der Waals surface area contributed by atoms with Crippen molar-refractivity contribution in [3.05, 3.63) is 54.6 Å². The summed E-state index contributed by atoms with van der Waals surface area (Å²) in [5.41, 5.74) is 8.99. The van der Waals surface area contributed by atoms with Crippen molar-refractivity contribution in [2.24, 2.45) is 5.73 Å². The van der Waals surface area contributed by atoms with Crippen LogP contribution in [0.15, 0.2) is 49.1 Å². The van der Waals surface area contributed by atoms with Gasteiger partial charge in [0.2, 0.25) is 0 Å². The maximum atomic E-state index is 11.9. The second-order valence-corrected chi connectivity index (χ2v) is 7.59. The molecule has 0 spiro atoms. The first kappa shape index (κ1) is 21.3. The molecule has 0 radical (unpaired) electrons. The first-order chi connectivity index (χ1) is 15.5. The summed E-state index contributed by atoms with van der Waals surface area (Å²) < 4.78 is 0. The van der Waals surface area contributed by atoms with E-state index in [-0.39, 0.29) is 5.56 Å². The number of nitrogens with one attached hydrogen (secondary N) is 3. The highest BCUT2D eigenvalue weighted by Gasteiger charge is 2.15. The van der Waals surface area contributed by atoms with Gasteiger partial charge in [-0.3, -0.25) is 9.78 Å². The molecule has 10 nitrogen and oxygen atoms in total. The Bertz CT molecular complexity index is 1080. The van der Waals surface area contributed by atoms with Gasteiger partial charge in [0, 0.05) is 51.7 Å². The normalized spacial score (nSPS) is 14.1. The Kier molecular flexibility index (Phi) is 6.31. The predicted molar refractivity (Wildman–Crippen MR) is 127 cm³/mol. The summed E-state index contributed by atoms with van der Waals surface area (Å²) in [4.78, 5) is 29.5. The molecule has 1 saturated heterocycles. The Hall–Kier alpha value is -3.92. The number of hydrogen-bond acceptors (Lipinski definition) is 9. The fourth-order valence-electron chi connectivity index (χ4n) is 3.52. The number of piperazine rings is 1. The summed E-state index contributed by atoms with van der Waals surface area (Å²) in [6.45, 7) is 4.05. The van der Waals surface area contributed by atoms with Crippen LogP contribution in [0, 0.1) is 0 Å². The molecule has 0 aliphatic carbocycles. The van der Waals surface area contributed by atoms with Gasteiger partial charge in [-0.1, -0.05) is 0 Å². The Morgan fingerprint density at radius 1 is 0.938 bits per heavy atom. The topological polar surface area (TPSA) is 124 Å². The van der Waals surface area contributed by atoms with E-state index in [1.165, 1.54) is 6.20 Å². The molecule has 3 aromatic heterocycles. The number of primary amides is 1. The third-order valence-corrected chi connectivity index (χ3v) is 5.40. The van der Waals surface area contributed by atoms with Crippen LogP contribution in [0.2, 0.25) is 0 Å². The molecule has 1 fully saturated rings. The van der Waals surface area contributed by atoms with Crippen molar-refractivity contribution in [3.63, 3.8) is 0 Å². The van der Waals surface area contributed by atoms with Gasteiger partial charge in [-0.2, -0.15) is 0 Å². The van der Waals surface area contributed by atoms with E-state index in [2.05, 4.69) is 47.7 Å². The number of nitrogens with zero attached hydrogens (tertiary/aromatic N) is 5. The number of amides is 1. The summed E-state index contributed by atoms with van der Waals surface area (Å²) in [5, 5.41) is 9.50. The second-order valence-electron chi connectivity index (χ2n) is 7.59. The molecule has 0 aromatic carbocycles. The van der Waals surface area contributed by atoms with Crippen molar-refractivity contribution in [2.75, 3.05) is 61.1 Å². The van der Waals surface area contributed by atoms with Gasteiger partial charge in [0.1, 0.15) is 11.6 Å². The number of hydrogen-bond donors (Lipinski definition) is 4. The number of anilines is 6. The van der Waals surface area contributed by atoms with Crippen molar-refractivity contribution in [3.8, 4) is 0 Å². The summed E-state index contributed by atoms with van der Waals surface area (Å²) in [6, 6.07) is 7.53. The molecular weight excluding hydrogens is 406 g/mol. The molecule has 1 aliphatic heterocycles. The highest BCUT2D eigenvalue weighted by molar-refractivity contribution is 5.99. The van der Waals surface area contributed by atoms with Crippen LogP contribution >= 0.6 is 0 Å². The van der Waals surface area contributed by atoms with Gasteiger partial charge in [0.15, 0.2) is 0 Å². The number of carbonyl (C=O) groups is 1. The average Bonchev–Trinajstić information content (AvgIpc) is 2.80. The zero-order valence-electron chi connectivity index (χ0n) is 18.2. The number of pyridine rings is 3. The smallest absolute Gasteiger partial charge is 0.252 e. The third-order valence-electron chi connectivity index (χ3n) is 5.40. The molecule has 32 heavy (non-hydrogen) atoms. The van der Waals surface area contributed by atoms with Crippen LogP contribution in [0.3, 0.4) is 0 Å². The lowest BCUT2D eigenvalue weighted by atomic mass is 10.2. The number of nitrogens with two attached hydrogens (primary N) is 1. The number of carbonyl (C=O) groups excluding carboxylic acids is 1. The number of rotatable bonds is 7. The minimum absolute atomic E-state index is 0.278. The van der Waals surface area contributed by atoms with Crippen molar-refractivity contribution < 1.29 is 4.79 Å². The molecule has 3 aromatic rings. The molecule has 0 saturated carbocycles. The van der Waals surface area contributed by atoms with Crippen LogP contribution < -0.4 is 26.6 Å². The zero-order valence-corrected chi connectivity index (χ0v) is 18.2. The maximum absolute atomic E-state index is 11.9. The Balaban J connectivity index is 1.52. The first-order valence-electron chi connectivity index (χ1n) is 10.4. The molecule has 10 heteroatoms. The van der Waals surface area contributed by atoms with E-state index in [1.54, 1.807) is 18.5 Å². The lowest BCUT2D eigenvalue weighted by molar-refractivity contribution is 0.100. The Labute approximate surface area is 186 Å². The zero-order chi connectivity index (χ0) is 22.5. The maximum Gasteiger partial charge on any atom is 0.252 e. The van der Waals surface area contributed by atoms with Crippen LogP contribution in [0.5, 0.6) is 0 Å². The fraction of sp³-hybridized carbons (Fsp3) is 0.273. The highest BCUT2D eigenvalue weighted by Crippen LogP contribution is 2.28. The summed E-state index contributed by atoms with van der Waals surface area (Å²) in [7, 11) is 3.95. The lowest BCUT2D eigenvalue weighted by Crippen LogP contribution is -2.44. The molecule has 4 heterocycles. The molecule has 0 unspecified atom stereocenters. The van der Waals surface area contributed by atoms with Gasteiger partial charge in [0.05, 0.1) is 40.7 Å². The van der Waals surface area contributed by atoms with Gasteiger partial charge in [-0.15, -0.1) is 0 Å². The van der Waals surface area contributed by atoms with Crippen molar-refractivity contribution in [1.82, 2.24) is 19.9 Å². The number of aromatic nitrogens is 3.